The Morgan fingerprint density at radius 3 is 2.52 bits per heavy atom. The fraction of sp³-hybridized carbons (Fsp3) is 0.235. The van der Waals surface area contributed by atoms with Gasteiger partial charge < -0.3 is 0 Å². The van der Waals surface area contributed by atoms with E-state index in [1.165, 1.54) is 12.1 Å². The molecule has 0 fully saturated rings. The summed E-state index contributed by atoms with van der Waals surface area (Å²) in [4.78, 5) is 4.07. The highest BCUT2D eigenvalue weighted by molar-refractivity contribution is 7.89. The van der Waals surface area contributed by atoms with Crippen LogP contribution in [0.15, 0.2) is 41.3 Å². The third-order valence-electron chi connectivity index (χ3n) is 4.00. The number of pyridine rings is 1. The number of nitrogens with zero attached hydrogens (tertiary/aromatic N) is 1. The Labute approximate surface area is 134 Å². The number of benzene rings is 1. The predicted octanol–water partition coefficient (Wildman–Crippen LogP) is 3.27. The van der Waals surface area contributed by atoms with E-state index in [0.29, 0.717) is 5.56 Å². The van der Waals surface area contributed by atoms with Gasteiger partial charge >= 0.3 is 0 Å². The third kappa shape index (κ3) is 3.18. The SMILES string of the molecule is Cc1cccc(C2=C(c3ccc(S(N)(=O)=O)c(F)c3)CCC2)n1. The van der Waals surface area contributed by atoms with E-state index in [1.54, 1.807) is 6.07 Å². The molecule has 0 saturated heterocycles. The van der Waals surface area contributed by atoms with Crippen LogP contribution in [0.25, 0.3) is 11.1 Å². The summed E-state index contributed by atoms with van der Waals surface area (Å²) in [6.45, 7) is 1.93. The summed E-state index contributed by atoms with van der Waals surface area (Å²) in [5, 5.41) is 5.01. The van der Waals surface area contributed by atoms with Crippen molar-refractivity contribution in [3.05, 3.63) is 59.2 Å². The molecule has 1 heterocycles. The van der Waals surface area contributed by atoms with Gasteiger partial charge in [-0.1, -0.05) is 12.1 Å². The Morgan fingerprint density at radius 1 is 1.13 bits per heavy atom. The van der Waals surface area contributed by atoms with Gasteiger partial charge in [-0.3, -0.25) is 4.98 Å². The zero-order chi connectivity index (χ0) is 16.6. The molecule has 0 radical (unpaired) electrons. The Hall–Kier alpha value is -2.05. The van der Waals surface area contributed by atoms with Crippen molar-refractivity contribution in [2.45, 2.75) is 31.1 Å². The number of primary sulfonamides is 1. The Morgan fingerprint density at radius 2 is 1.87 bits per heavy atom. The summed E-state index contributed by atoms with van der Waals surface area (Å²) in [7, 11) is -4.05. The van der Waals surface area contributed by atoms with E-state index >= 15 is 0 Å². The normalized spacial score (nSPS) is 15.3. The molecule has 2 N–H and O–H groups in total. The van der Waals surface area contributed by atoms with Crippen LogP contribution in [0, 0.1) is 12.7 Å². The van der Waals surface area contributed by atoms with Crippen LogP contribution in [0.5, 0.6) is 0 Å². The fourth-order valence-corrected chi connectivity index (χ4v) is 3.56. The number of sulfonamides is 1. The van der Waals surface area contributed by atoms with E-state index in [-0.39, 0.29) is 0 Å². The second kappa shape index (κ2) is 5.86. The highest BCUT2D eigenvalue weighted by Crippen LogP contribution is 2.39. The summed E-state index contributed by atoms with van der Waals surface area (Å²) >= 11 is 0. The average Bonchev–Trinajstić information content (AvgIpc) is 2.95. The number of allylic oxidation sites excluding steroid dienone is 2. The molecule has 23 heavy (non-hydrogen) atoms. The number of rotatable bonds is 3. The molecule has 1 aliphatic carbocycles. The third-order valence-corrected chi connectivity index (χ3v) is 4.95. The van der Waals surface area contributed by atoms with Crippen LogP contribution in [0.1, 0.15) is 36.2 Å². The van der Waals surface area contributed by atoms with Crippen molar-refractivity contribution in [3.8, 4) is 0 Å². The van der Waals surface area contributed by atoms with E-state index in [4.69, 9.17) is 5.14 Å². The molecule has 120 valence electrons. The Bertz CT molecular complexity index is 905. The lowest BCUT2D eigenvalue weighted by atomic mass is 10.00. The minimum absolute atomic E-state index is 0.477. The van der Waals surface area contributed by atoms with Crippen molar-refractivity contribution in [3.63, 3.8) is 0 Å². The van der Waals surface area contributed by atoms with E-state index in [2.05, 4.69) is 4.98 Å². The van der Waals surface area contributed by atoms with Gasteiger partial charge in [0.25, 0.3) is 0 Å². The molecule has 0 spiro atoms. The largest absolute Gasteiger partial charge is 0.253 e. The van der Waals surface area contributed by atoms with E-state index in [1.807, 2.05) is 25.1 Å². The number of aryl methyl sites for hydroxylation is 1. The van der Waals surface area contributed by atoms with Gasteiger partial charge in [0.2, 0.25) is 10.0 Å². The fourth-order valence-electron chi connectivity index (χ4n) is 2.98. The molecule has 0 bridgehead atoms. The lowest BCUT2D eigenvalue weighted by Crippen LogP contribution is -2.14. The number of halogens is 1. The maximum absolute atomic E-state index is 14.1. The second-order valence-electron chi connectivity index (χ2n) is 5.67. The van der Waals surface area contributed by atoms with E-state index < -0.39 is 20.7 Å². The van der Waals surface area contributed by atoms with Gasteiger partial charge in [0.1, 0.15) is 10.7 Å². The van der Waals surface area contributed by atoms with Crippen molar-refractivity contribution in [2.24, 2.45) is 5.14 Å². The average molecular weight is 332 g/mol. The first kappa shape index (κ1) is 15.8. The summed E-state index contributed by atoms with van der Waals surface area (Å²) in [5.41, 5.74) is 4.62. The summed E-state index contributed by atoms with van der Waals surface area (Å²) in [6, 6.07) is 9.91. The Kier molecular flexibility index (Phi) is 4.04. The van der Waals surface area contributed by atoms with Crippen LogP contribution < -0.4 is 5.14 Å². The zero-order valence-electron chi connectivity index (χ0n) is 12.7. The maximum Gasteiger partial charge on any atom is 0.240 e. The van der Waals surface area contributed by atoms with Crippen molar-refractivity contribution in [1.82, 2.24) is 4.98 Å². The van der Waals surface area contributed by atoms with Crippen LogP contribution in [-0.2, 0) is 10.0 Å². The first-order valence-electron chi connectivity index (χ1n) is 7.35. The summed E-state index contributed by atoms with van der Waals surface area (Å²) in [5.74, 6) is -0.819. The molecule has 0 amide bonds. The highest BCUT2D eigenvalue weighted by Gasteiger charge is 2.21. The van der Waals surface area contributed by atoms with Crippen molar-refractivity contribution in [1.29, 1.82) is 0 Å². The van der Waals surface area contributed by atoms with Gasteiger partial charge in [-0.05, 0) is 67.2 Å². The molecule has 2 aromatic rings. The number of hydrogen-bond donors (Lipinski definition) is 1. The van der Waals surface area contributed by atoms with E-state index in [9.17, 15) is 12.8 Å². The molecule has 1 aromatic carbocycles. The van der Waals surface area contributed by atoms with Crippen LogP contribution in [0.3, 0.4) is 0 Å². The molecule has 0 atom stereocenters. The quantitative estimate of drug-likeness (QED) is 0.937. The summed E-state index contributed by atoms with van der Waals surface area (Å²) < 4.78 is 36.7. The highest BCUT2D eigenvalue weighted by atomic mass is 32.2. The monoisotopic (exact) mass is 332 g/mol. The maximum atomic E-state index is 14.1. The smallest absolute Gasteiger partial charge is 0.240 e. The molecule has 6 heteroatoms. The lowest BCUT2D eigenvalue weighted by molar-refractivity contribution is 0.568. The number of nitrogens with two attached hydrogens (primary N) is 1. The first-order chi connectivity index (χ1) is 10.9. The second-order valence-corrected chi connectivity index (χ2v) is 7.19. The standard InChI is InChI=1S/C17H17FN2O2S/c1-11-4-2-7-16(20-11)14-6-3-5-13(14)12-8-9-17(15(18)10-12)23(19,21)22/h2,4,7-10H,3,5-6H2,1H3,(H2,19,21,22). The van der Waals surface area contributed by atoms with Crippen LogP contribution in [0.2, 0.25) is 0 Å². The molecule has 3 rings (SSSR count). The van der Waals surface area contributed by atoms with Gasteiger partial charge in [-0.15, -0.1) is 0 Å². The minimum Gasteiger partial charge on any atom is -0.253 e. The van der Waals surface area contributed by atoms with Gasteiger partial charge in [0.05, 0.1) is 5.69 Å². The predicted molar refractivity (Wildman–Crippen MR) is 87.4 cm³/mol. The zero-order valence-corrected chi connectivity index (χ0v) is 13.5. The molecule has 1 aliphatic rings. The van der Waals surface area contributed by atoms with E-state index in [0.717, 1.165) is 41.8 Å². The van der Waals surface area contributed by atoms with Crippen molar-refractivity contribution >= 4 is 21.2 Å². The number of hydrogen-bond acceptors (Lipinski definition) is 3. The van der Waals surface area contributed by atoms with Crippen molar-refractivity contribution in [2.75, 3.05) is 0 Å². The van der Waals surface area contributed by atoms with Gasteiger partial charge in [-0.25, -0.2) is 17.9 Å². The molecule has 4 nitrogen and oxygen atoms in total. The molecular weight excluding hydrogens is 315 g/mol. The topological polar surface area (TPSA) is 73.1 Å². The lowest BCUT2D eigenvalue weighted by Gasteiger charge is -2.10. The molecule has 1 aromatic heterocycles. The molecular formula is C17H17FN2O2S. The van der Waals surface area contributed by atoms with Gasteiger partial charge in [0, 0.05) is 5.69 Å². The van der Waals surface area contributed by atoms with Crippen LogP contribution >= 0.6 is 0 Å². The van der Waals surface area contributed by atoms with Gasteiger partial charge in [0.15, 0.2) is 0 Å². The van der Waals surface area contributed by atoms with Gasteiger partial charge in [-0.2, -0.15) is 0 Å². The minimum atomic E-state index is -4.05. The Balaban J connectivity index is 2.10. The first-order valence-corrected chi connectivity index (χ1v) is 8.89. The summed E-state index contributed by atoms with van der Waals surface area (Å²) in [6.07, 6.45) is 2.67. The van der Waals surface area contributed by atoms with Crippen molar-refractivity contribution < 1.29 is 12.8 Å². The van der Waals surface area contributed by atoms with Crippen LogP contribution in [0.4, 0.5) is 4.39 Å². The molecule has 0 aliphatic heterocycles. The molecule has 0 saturated carbocycles. The molecule has 0 unspecified atom stereocenters. The number of aromatic nitrogens is 1. The van der Waals surface area contributed by atoms with Crippen LogP contribution in [-0.4, -0.2) is 13.4 Å².